The molecule has 2 unspecified atom stereocenters. The lowest BCUT2D eigenvalue weighted by Gasteiger charge is -2.35. The zero-order chi connectivity index (χ0) is 14.1. The van der Waals surface area contributed by atoms with Crippen LogP contribution in [0, 0.1) is 10.1 Å². The van der Waals surface area contributed by atoms with Crippen LogP contribution in [0.4, 0.5) is 11.4 Å². The Morgan fingerprint density at radius 1 is 1.35 bits per heavy atom. The SMILES string of the molecule is O=[N+]([O-])c1cc(NC2CCN3CCCC3C2)ccc1Cl. The second-order valence-electron chi connectivity index (χ2n) is 5.62. The van der Waals surface area contributed by atoms with Crippen LogP contribution in [0.25, 0.3) is 0 Å². The highest BCUT2D eigenvalue weighted by Crippen LogP contribution is 2.31. The number of halogens is 1. The number of nitro groups is 1. The summed E-state index contributed by atoms with van der Waals surface area (Å²) in [5.41, 5.74) is 0.757. The van der Waals surface area contributed by atoms with Gasteiger partial charge in [-0.2, -0.15) is 0 Å². The van der Waals surface area contributed by atoms with Crippen molar-refractivity contribution in [3.05, 3.63) is 33.3 Å². The maximum absolute atomic E-state index is 10.9. The second-order valence-corrected chi connectivity index (χ2v) is 6.03. The maximum Gasteiger partial charge on any atom is 0.289 e. The molecule has 20 heavy (non-hydrogen) atoms. The topological polar surface area (TPSA) is 58.4 Å². The highest BCUT2D eigenvalue weighted by molar-refractivity contribution is 6.32. The molecular weight excluding hydrogens is 278 g/mol. The molecule has 2 aliphatic rings. The number of hydrogen-bond donors (Lipinski definition) is 1. The molecule has 6 heteroatoms. The van der Waals surface area contributed by atoms with Crippen molar-refractivity contribution in [2.24, 2.45) is 0 Å². The van der Waals surface area contributed by atoms with Crippen LogP contribution in [0.2, 0.25) is 5.02 Å². The zero-order valence-electron chi connectivity index (χ0n) is 11.2. The van der Waals surface area contributed by atoms with Gasteiger partial charge in [0.15, 0.2) is 0 Å². The van der Waals surface area contributed by atoms with E-state index in [1.807, 2.05) is 6.07 Å². The number of hydrogen-bond acceptors (Lipinski definition) is 4. The third-order valence-corrected chi connectivity index (χ3v) is 4.65. The van der Waals surface area contributed by atoms with E-state index in [0.717, 1.165) is 25.1 Å². The van der Waals surface area contributed by atoms with E-state index >= 15 is 0 Å². The fraction of sp³-hybridized carbons (Fsp3) is 0.571. The van der Waals surface area contributed by atoms with Crippen molar-refractivity contribution < 1.29 is 4.92 Å². The summed E-state index contributed by atoms with van der Waals surface area (Å²) in [5, 5.41) is 14.5. The van der Waals surface area contributed by atoms with Crippen molar-refractivity contribution in [2.75, 3.05) is 18.4 Å². The summed E-state index contributed by atoms with van der Waals surface area (Å²) >= 11 is 5.83. The third-order valence-electron chi connectivity index (χ3n) is 4.33. The molecular formula is C14H18ClN3O2. The van der Waals surface area contributed by atoms with E-state index in [2.05, 4.69) is 10.2 Å². The van der Waals surface area contributed by atoms with Crippen LogP contribution in [-0.4, -0.2) is 35.0 Å². The fourth-order valence-electron chi connectivity index (χ4n) is 3.33. The molecule has 0 saturated carbocycles. The zero-order valence-corrected chi connectivity index (χ0v) is 12.0. The molecule has 0 radical (unpaired) electrons. The summed E-state index contributed by atoms with van der Waals surface area (Å²) in [6, 6.07) is 6.02. The number of nitrogens with zero attached hydrogens (tertiary/aromatic N) is 2. The van der Waals surface area contributed by atoms with E-state index in [0.29, 0.717) is 12.1 Å². The van der Waals surface area contributed by atoms with E-state index in [-0.39, 0.29) is 10.7 Å². The minimum absolute atomic E-state index is 0.0324. The molecule has 0 aliphatic carbocycles. The van der Waals surface area contributed by atoms with Gasteiger partial charge in [-0.25, -0.2) is 0 Å². The highest BCUT2D eigenvalue weighted by atomic mass is 35.5. The van der Waals surface area contributed by atoms with Gasteiger partial charge in [0.1, 0.15) is 5.02 Å². The van der Waals surface area contributed by atoms with Crippen molar-refractivity contribution in [3.63, 3.8) is 0 Å². The first kappa shape index (κ1) is 13.6. The third kappa shape index (κ3) is 2.74. The van der Waals surface area contributed by atoms with Crippen LogP contribution < -0.4 is 5.32 Å². The van der Waals surface area contributed by atoms with E-state index in [4.69, 9.17) is 11.6 Å². The Morgan fingerprint density at radius 3 is 3.00 bits per heavy atom. The predicted octanol–water partition coefficient (Wildman–Crippen LogP) is 3.29. The first-order chi connectivity index (χ1) is 9.63. The Bertz CT molecular complexity index is 523. The molecule has 1 aromatic carbocycles. The molecule has 3 rings (SSSR count). The number of anilines is 1. The van der Waals surface area contributed by atoms with Crippen molar-refractivity contribution in [1.82, 2.24) is 4.90 Å². The molecule has 2 aliphatic heterocycles. The summed E-state index contributed by atoms with van der Waals surface area (Å²) in [6.45, 7) is 2.35. The van der Waals surface area contributed by atoms with Gasteiger partial charge in [0.2, 0.25) is 0 Å². The molecule has 5 nitrogen and oxygen atoms in total. The van der Waals surface area contributed by atoms with Crippen LogP contribution in [-0.2, 0) is 0 Å². The monoisotopic (exact) mass is 295 g/mol. The Balaban J connectivity index is 1.68. The summed E-state index contributed by atoms with van der Waals surface area (Å²) < 4.78 is 0. The van der Waals surface area contributed by atoms with Crippen LogP contribution >= 0.6 is 11.6 Å². The highest BCUT2D eigenvalue weighted by Gasteiger charge is 2.31. The summed E-state index contributed by atoms with van der Waals surface area (Å²) in [5.74, 6) is 0. The van der Waals surface area contributed by atoms with Gasteiger partial charge < -0.3 is 10.2 Å². The largest absolute Gasteiger partial charge is 0.382 e. The van der Waals surface area contributed by atoms with Gasteiger partial charge in [0.25, 0.3) is 5.69 Å². The van der Waals surface area contributed by atoms with E-state index in [9.17, 15) is 10.1 Å². The minimum atomic E-state index is -0.437. The number of nitrogens with one attached hydrogen (secondary N) is 1. The summed E-state index contributed by atoms with van der Waals surface area (Å²) in [4.78, 5) is 13.0. The van der Waals surface area contributed by atoms with Gasteiger partial charge in [-0.15, -0.1) is 0 Å². The Morgan fingerprint density at radius 2 is 2.20 bits per heavy atom. The molecule has 2 heterocycles. The minimum Gasteiger partial charge on any atom is -0.382 e. The molecule has 0 bridgehead atoms. The van der Waals surface area contributed by atoms with E-state index in [1.54, 1.807) is 6.07 Å². The predicted molar refractivity (Wildman–Crippen MR) is 79.3 cm³/mol. The molecule has 2 atom stereocenters. The number of piperidine rings is 1. The van der Waals surface area contributed by atoms with Crippen LogP contribution in [0.3, 0.4) is 0 Å². The Kier molecular flexibility index (Phi) is 3.81. The quantitative estimate of drug-likeness (QED) is 0.687. The number of fused-ring (bicyclic) bond motifs is 1. The smallest absolute Gasteiger partial charge is 0.289 e. The standard InChI is InChI=1S/C14H18ClN3O2/c15-13-4-3-10(9-14(13)18(19)20)16-11-5-7-17-6-1-2-12(17)8-11/h3-4,9,11-12,16H,1-2,5-8H2. The average Bonchev–Trinajstić information content (AvgIpc) is 2.88. The first-order valence-electron chi connectivity index (χ1n) is 7.08. The molecule has 108 valence electrons. The lowest BCUT2D eigenvalue weighted by Crippen LogP contribution is -2.42. The van der Waals surface area contributed by atoms with Crippen LogP contribution in [0.15, 0.2) is 18.2 Å². The number of nitro benzene ring substituents is 1. The van der Waals surface area contributed by atoms with E-state index < -0.39 is 4.92 Å². The fourth-order valence-corrected chi connectivity index (χ4v) is 3.52. The number of benzene rings is 1. The van der Waals surface area contributed by atoms with Gasteiger partial charge in [0, 0.05) is 30.4 Å². The van der Waals surface area contributed by atoms with Gasteiger partial charge in [-0.3, -0.25) is 10.1 Å². The van der Waals surface area contributed by atoms with Gasteiger partial charge in [-0.05, 0) is 44.4 Å². The van der Waals surface area contributed by atoms with Crippen molar-refractivity contribution in [2.45, 2.75) is 37.8 Å². The maximum atomic E-state index is 10.9. The van der Waals surface area contributed by atoms with Gasteiger partial charge in [0.05, 0.1) is 4.92 Å². The molecule has 2 saturated heterocycles. The molecule has 1 N–H and O–H groups in total. The van der Waals surface area contributed by atoms with Crippen molar-refractivity contribution in [3.8, 4) is 0 Å². The van der Waals surface area contributed by atoms with E-state index in [1.165, 1.54) is 25.5 Å². The molecule has 1 aromatic rings. The Hall–Kier alpha value is -1.33. The first-order valence-corrected chi connectivity index (χ1v) is 7.46. The lowest BCUT2D eigenvalue weighted by molar-refractivity contribution is -0.384. The van der Waals surface area contributed by atoms with Gasteiger partial charge in [-0.1, -0.05) is 11.6 Å². The molecule has 0 spiro atoms. The van der Waals surface area contributed by atoms with Crippen molar-refractivity contribution in [1.29, 1.82) is 0 Å². The van der Waals surface area contributed by atoms with Gasteiger partial charge >= 0.3 is 0 Å². The normalized spacial score (nSPS) is 26.2. The van der Waals surface area contributed by atoms with Crippen LogP contribution in [0.5, 0.6) is 0 Å². The lowest BCUT2D eigenvalue weighted by atomic mass is 9.97. The summed E-state index contributed by atoms with van der Waals surface area (Å²) in [6.07, 6.45) is 4.78. The number of rotatable bonds is 3. The Labute approximate surface area is 123 Å². The average molecular weight is 296 g/mol. The molecule has 0 amide bonds. The molecule has 0 aromatic heterocycles. The second kappa shape index (κ2) is 5.58. The van der Waals surface area contributed by atoms with Crippen LogP contribution in [0.1, 0.15) is 25.7 Å². The summed E-state index contributed by atoms with van der Waals surface area (Å²) in [7, 11) is 0. The molecule has 2 fully saturated rings. The van der Waals surface area contributed by atoms with Crippen molar-refractivity contribution >= 4 is 23.0 Å².